The van der Waals surface area contributed by atoms with Crippen LogP contribution in [0.1, 0.15) is 19.3 Å². The zero-order chi connectivity index (χ0) is 12.7. The fourth-order valence-corrected chi connectivity index (χ4v) is 1.89. The third-order valence-electron chi connectivity index (χ3n) is 2.86. The molecule has 0 aliphatic carbocycles. The fraction of sp³-hybridized carbons (Fsp3) is 0.900. The van der Waals surface area contributed by atoms with Gasteiger partial charge in [0.15, 0.2) is 0 Å². The van der Waals surface area contributed by atoms with Gasteiger partial charge in [0.25, 0.3) is 0 Å². The highest BCUT2D eigenvalue weighted by Crippen LogP contribution is 2.21. The van der Waals surface area contributed by atoms with Gasteiger partial charge < -0.3 is 19.6 Å². The molecule has 0 aromatic rings. The molecular formula is C10H21N3O4. The predicted molar refractivity (Wildman–Crippen MR) is 60.5 cm³/mol. The number of rotatable bonds is 6. The van der Waals surface area contributed by atoms with Crippen molar-refractivity contribution in [2.45, 2.75) is 24.9 Å². The lowest BCUT2D eigenvalue weighted by Crippen LogP contribution is -2.46. The molecule has 0 atom stereocenters. The summed E-state index contributed by atoms with van der Waals surface area (Å²) in [4.78, 5) is 17.3. The standard InChI is InChI=1S/C10H21N3O4/c1-13(5-2-9(14)17-12-11)8-10(15)3-6-16-7-4-10/h12,15H,2-8,11H2,1H3. The maximum absolute atomic E-state index is 11.0. The molecule has 0 amide bonds. The van der Waals surface area contributed by atoms with Crippen molar-refractivity contribution in [2.75, 3.05) is 33.4 Å². The van der Waals surface area contributed by atoms with Crippen molar-refractivity contribution in [3.05, 3.63) is 0 Å². The minimum atomic E-state index is -0.705. The summed E-state index contributed by atoms with van der Waals surface area (Å²) in [6.45, 7) is 2.22. The Bertz CT molecular complexity index is 244. The summed E-state index contributed by atoms with van der Waals surface area (Å²) in [6.07, 6.45) is 1.49. The Morgan fingerprint density at radius 3 is 2.82 bits per heavy atom. The lowest BCUT2D eigenvalue weighted by Gasteiger charge is -2.35. The molecule has 0 radical (unpaired) electrons. The molecular weight excluding hydrogens is 226 g/mol. The van der Waals surface area contributed by atoms with Crippen molar-refractivity contribution >= 4 is 5.97 Å². The number of ether oxygens (including phenoxy) is 1. The van der Waals surface area contributed by atoms with E-state index in [0.717, 1.165) is 0 Å². The van der Waals surface area contributed by atoms with Crippen LogP contribution in [0.3, 0.4) is 0 Å². The molecule has 100 valence electrons. The lowest BCUT2D eigenvalue weighted by atomic mass is 9.94. The highest BCUT2D eigenvalue weighted by atomic mass is 16.7. The fourth-order valence-electron chi connectivity index (χ4n) is 1.89. The van der Waals surface area contributed by atoms with Crippen LogP contribution in [0.15, 0.2) is 0 Å². The van der Waals surface area contributed by atoms with Crippen LogP contribution in [0.5, 0.6) is 0 Å². The zero-order valence-electron chi connectivity index (χ0n) is 10.1. The number of likely N-dealkylation sites (N-methyl/N-ethyl adjacent to an activating group) is 1. The van der Waals surface area contributed by atoms with Gasteiger partial charge in [-0.3, -0.25) is 4.79 Å². The Balaban J connectivity index is 2.23. The van der Waals surface area contributed by atoms with Crippen molar-refractivity contribution in [1.29, 1.82) is 0 Å². The van der Waals surface area contributed by atoms with Crippen LogP contribution < -0.4 is 11.4 Å². The number of nitrogens with zero attached hydrogens (tertiary/aromatic N) is 1. The van der Waals surface area contributed by atoms with Gasteiger partial charge >= 0.3 is 5.97 Å². The average molecular weight is 247 g/mol. The monoisotopic (exact) mass is 247 g/mol. The van der Waals surface area contributed by atoms with Crippen molar-refractivity contribution in [2.24, 2.45) is 5.84 Å². The second-order valence-electron chi connectivity index (χ2n) is 4.42. The Morgan fingerprint density at radius 2 is 2.24 bits per heavy atom. The van der Waals surface area contributed by atoms with Gasteiger partial charge in [0.2, 0.25) is 0 Å². The van der Waals surface area contributed by atoms with E-state index in [9.17, 15) is 9.90 Å². The molecule has 7 nitrogen and oxygen atoms in total. The van der Waals surface area contributed by atoms with E-state index in [1.54, 1.807) is 0 Å². The molecule has 0 aromatic carbocycles. The maximum Gasteiger partial charge on any atom is 0.327 e. The maximum atomic E-state index is 11.0. The third-order valence-corrected chi connectivity index (χ3v) is 2.86. The summed E-state index contributed by atoms with van der Waals surface area (Å²) >= 11 is 0. The molecule has 0 spiro atoms. The second kappa shape index (κ2) is 6.87. The summed E-state index contributed by atoms with van der Waals surface area (Å²) in [5, 5.41) is 10.2. The van der Waals surface area contributed by atoms with E-state index in [-0.39, 0.29) is 6.42 Å². The number of hydrogen-bond acceptors (Lipinski definition) is 7. The molecule has 1 aliphatic rings. The molecule has 1 saturated heterocycles. The molecule has 1 rings (SSSR count). The first-order valence-corrected chi connectivity index (χ1v) is 5.70. The molecule has 0 aromatic heterocycles. The molecule has 1 aliphatic heterocycles. The molecule has 0 bridgehead atoms. The van der Waals surface area contributed by atoms with E-state index in [2.05, 4.69) is 4.84 Å². The molecule has 7 heteroatoms. The first kappa shape index (κ1) is 14.3. The quantitative estimate of drug-likeness (QED) is 0.399. The summed E-state index contributed by atoms with van der Waals surface area (Å²) in [7, 11) is 1.86. The van der Waals surface area contributed by atoms with E-state index >= 15 is 0 Å². The average Bonchev–Trinajstić information content (AvgIpc) is 2.27. The van der Waals surface area contributed by atoms with E-state index in [0.29, 0.717) is 39.1 Å². The Kier molecular flexibility index (Phi) is 5.79. The number of hydrazine groups is 1. The van der Waals surface area contributed by atoms with Crippen LogP contribution in [-0.2, 0) is 14.4 Å². The van der Waals surface area contributed by atoms with Crippen LogP contribution in [0.4, 0.5) is 0 Å². The van der Waals surface area contributed by atoms with Crippen molar-refractivity contribution < 1.29 is 19.5 Å². The third kappa shape index (κ3) is 5.42. The van der Waals surface area contributed by atoms with Gasteiger partial charge in [-0.25, -0.2) is 5.84 Å². The minimum Gasteiger partial charge on any atom is -0.388 e. The number of aliphatic hydroxyl groups is 1. The normalized spacial score (nSPS) is 19.3. The minimum absolute atomic E-state index is 0.229. The first-order valence-electron chi connectivity index (χ1n) is 5.70. The van der Waals surface area contributed by atoms with Gasteiger partial charge in [0, 0.05) is 39.1 Å². The van der Waals surface area contributed by atoms with Crippen molar-refractivity contribution in [3.8, 4) is 0 Å². The van der Waals surface area contributed by atoms with Crippen molar-refractivity contribution in [3.63, 3.8) is 0 Å². The number of nitrogens with two attached hydrogens (primary N) is 1. The van der Waals surface area contributed by atoms with Crippen LogP contribution in [0, 0.1) is 0 Å². The Labute approximate surface area is 101 Å². The van der Waals surface area contributed by atoms with Gasteiger partial charge in [-0.1, -0.05) is 5.59 Å². The van der Waals surface area contributed by atoms with E-state index in [1.165, 1.54) is 0 Å². The number of hydrogen-bond donors (Lipinski definition) is 3. The molecule has 1 fully saturated rings. The van der Waals surface area contributed by atoms with Crippen LogP contribution in [0.2, 0.25) is 0 Å². The number of carbonyl (C=O) groups is 1. The smallest absolute Gasteiger partial charge is 0.327 e. The van der Waals surface area contributed by atoms with Gasteiger partial charge in [-0.05, 0) is 7.05 Å². The van der Waals surface area contributed by atoms with Crippen molar-refractivity contribution in [1.82, 2.24) is 10.5 Å². The topological polar surface area (TPSA) is 97.1 Å². The Hall–Kier alpha value is -0.730. The number of nitrogens with one attached hydrogen (secondary N) is 1. The van der Waals surface area contributed by atoms with Gasteiger partial charge in [-0.15, -0.1) is 0 Å². The van der Waals surface area contributed by atoms with E-state index in [4.69, 9.17) is 10.6 Å². The van der Waals surface area contributed by atoms with Gasteiger partial charge in [0.1, 0.15) is 0 Å². The molecule has 1 heterocycles. The number of carbonyl (C=O) groups excluding carboxylic acids is 1. The van der Waals surface area contributed by atoms with E-state index in [1.807, 2.05) is 17.5 Å². The highest BCUT2D eigenvalue weighted by molar-refractivity contribution is 5.69. The summed E-state index contributed by atoms with van der Waals surface area (Å²) < 4.78 is 5.20. The highest BCUT2D eigenvalue weighted by Gasteiger charge is 2.30. The second-order valence-corrected chi connectivity index (χ2v) is 4.42. The SMILES string of the molecule is CN(CCC(=O)ONN)CC1(O)CCOCC1. The van der Waals surface area contributed by atoms with Gasteiger partial charge in [-0.2, -0.15) is 0 Å². The molecule has 0 saturated carbocycles. The van der Waals surface area contributed by atoms with Crippen LogP contribution in [0.25, 0.3) is 0 Å². The Morgan fingerprint density at radius 1 is 1.59 bits per heavy atom. The largest absolute Gasteiger partial charge is 0.388 e. The molecule has 4 N–H and O–H groups in total. The lowest BCUT2D eigenvalue weighted by molar-refractivity contribution is -0.151. The predicted octanol–water partition coefficient (Wildman–Crippen LogP) is -1.23. The summed E-state index contributed by atoms with van der Waals surface area (Å²) in [5.41, 5.74) is 1.14. The van der Waals surface area contributed by atoms with Gasteiger partial charge in [0.05, 0.1) is 12.0 Å². The van der Waals surface area contributed by atoms with Crippen LogP contribution >= 0.6 is 0 Å². The van der Waals surface area contributed by atoms with Crippen LogP contribution in [-0.4, -0.2) is 54.9 Å². The molecule has 0 unspecified atom stereocenters. The summed E-state index contributed by atoms with van der Waals surface area (Å²) in [5.74, 6) is 4.43. The first-order chi connectivity index (χ1) is 8.06. The van der Waals surface area contributed by atoms with E-state index < -0.39 is 11.6 Å². The summed E-state index contributed by atoms with van der Waals surface area (Å²) in [6, 6.07) is 0. The molecule has 17 heavy (non-hydrogen) atoms. The zero-order valence-corrected chi connectivity index (χ0v) is 10.1.